The number of nitrogens with one attached hydrogen (secondary N) is 2. The van der Waals surface area contributed by atoms with Crippen molar-refractivity contribution in [1.82, 2.24) is 10.6 Å². The second kappa shape index (κ2) is 9.03. The van der Waals surface area contributed by atoms with E-state index < -0.39 is 5.97 Å². The maximum absolute atomic E-state index is 12.1. The van der Waals surface area contributed by atoms with Crippen molar-refractivity contribution in [1.29, 1.82) is 0 Å². The van der Waals surface area contributed by atoms with Crippen LogP contribution in [0.1, 0.15) is 65.7 Å². The largest absolute Gasteiger partial charge is 0.481 e. The molecule has 122 valence electrons. The predicted molar refractivity (Wildman–Crippen MR) is 83.1 cm³/mol. The Kier molecular flexibility index (Phi) is 7.72. The quantitative estimate of drug-likeness (QED) is 0.610. The van der Waals surface area contributed by atoms with Gasteiger partial charge < -0.3 is 15.7 Å². The Morgan fingerprint density at radius 1 is 1.14 bits per heavy atom. The molecule has 21 heavy (non-hydrogen) atoms. The van der Waals surface area contributed by atoms with Crippen LogP contribution in [0.4, 0.5) is 0 Å². The van der Waals surface area contributed by atoms with Crippen molar-refractivity contribution in [3.05, 3.63) is 0 Å². The molecule has 1 fully saturated rings. The molecule has 0 aromatic rings. The number of hydrogen-bond donors (Lipinski definition) is 3. The van der Waals surface area contributed by atoms with E-state index in [1.165, 1.54) is 12.8 Å². The van der Waals surface area contributed by atoms with Crippen molar-refractivity contribution >= 4 is 11.9 Å². The summed E-state index contributed by atoms with van der Waals surface area (Å²) in [4.78, 5) is 22.8. The molecule has 0 saturated heterocycles. The molecule has 0 bridgehead atoms. The number of carboxylic acids is 1. The topological polar surface area (TPSA) is 78.4 Å². The van der Waals surface area contributed by atoms with Gasteiger partial charge in [0.05, 0.1) is 12.0 Å². The van der Waals surface area contributed by atoms with Crippen LogP contribution in [0.2, 0.25) is 0 Å². The maximum atomic E-state index is 12.1. The van der Waals surface area contributed by atoms with E-state index in [1.54, 1.807) is 6.92 Å². The fraction of sp³-hybridized carbons (Fsp3) is 0.875. The molecule has 0 radical (unpaired) electrons. The summed E-state index contributed by atoms with van der Waals surface area (Å²) in [6.45, 7) is 5.67. The highest BCUT2D eigenvalue weighted by atomic mass is 16.4. The van der Waals surface area contributed by atoms with E-state index in [0.29, 0.717) is 12.5 Å². The Bertz CT molecular complexity index is 340. The lowest BCUT2D eigenvalue weighted by Crippen LogP contribution is -2.48. The Morgan fingerprint density at radius 2 is 1.76 bits per heavy atom. The van der Waals surface area contributed by atoms with Crippen LogP contribution in [0.25, 0.3) is 0 Å². The monoisotopic (exact) mass is 298 g/mol. The van der Waals surface area contributed by atoms with Gasteiger partial charge in [0, 0.05) is 12.1 Å². The number of carbonyl (C=O) groups is 2. The van der Waals surface area contributed by atoms with Crippen molar-refractivity contribution in [3.63, 3.8) is 0 Å². The Hall–Kier alpha value is -1.10. The summed E-state index contributed by atoms with van der Waals surface area (Å²) < 4.78 is 0. The van der Waals surface area contributed by atoms with Gasteiger partial charge in [-0.3, -0.25) is 9.59 Å². The van der Waals surface area contributed by atoms with Crippen molar-refractivity contribution in [2.24, 2.45) is 5.92 Å². The van der Waals surface area contributed by atoms with Crippen LogP contribution >= 0.6 is 0 Å². The molecule has 1 rings (SSSR count). The van der Waals surface area contributed by atoms with Crippen molar-refractivity contribution < 1.29 is 14.7 Å². The lowest BCUT2D eigenvalue weighted by molar-refractivity contribution is -0.141. The summed E-state index contributed by atoms with van der Waals surface area (Å²) >= 11 is 0. The van der Waals surface area contributed by atoms with Crippen molar-refractivity contribution in [3.8, 4) is 0 Å². The molecule has 3 unspecified atom stereocenters. The van der Waals surface area contributed by atoms with Gasteiger partial charge >= 0.3 is 5.97 Å². The van der Waals surface area contributed by atoms with Gasteiger partial charge in [0.25, 0.3) is 0 Å². The third-order valence-electron chi connectivity index (χ3n) is 4.33. The first-order valence-electron chi connectivity index (χ1n) is 8.19. The molecule has 1 aliphatic carbocycles. The van der Waals surface area contributed by atoms with Crippen LogP contribution in [0, 0.1) is 5.92 Å². The highest BCUT2D eigenvalue weighted by Crippen LogP contribution is 2.17. The van der Waals surface area contributed by atoms with Crippen LogP contribution in [0.5, 0.6) is 0 Å². The van der Waals surface area contributed by atoms with Gasteiger partial charge in [-0.2, -0.15) is 0 Å². The molecule has 3 atom stereocenters. The molecule has 0 heterocycles. The zero-order chi connectivity index (χ0) is 15.8. The summed E-state index contributed by atoms with van der Waals surface area (Å²) in [7, 11) is 0. The predicted octanol–water partition coefficient (Wildman–Crippen LogP) is 2.30. The average molecular weight is 298 g/mol. The first-order chi connectivity index (χ1) is 9.90. The molecule has 5 heteroatoms. The van der Waals surface area contributed by atoms with Crippen LogP contribution in [0.3, 0.4) is 0 Å². The molecule has 5 nitrogen and oxygen atoms in total. The van der Waals surface area contributed by atoms with Gasteiger partial charge in [-0.05, 0) is 39.5 Å². The van der Waals surface area contributed by atoms with E-state index in [2.05, 4.69) is 10.6 Å². The summed E-state index contributed by atoms with van der Waals surface area (Å²) in [6.07, 6.45) is 7.05. The zero-order valence-electron chi connectivity index (χ0n) is 13.5. The summed E-state index contributed by atoms with van der Waals surface area (Å²) in [6, 6.07) is 0.376. The Balaban J connectivity index is 2.18. The first-order valence-corrected chi connectivity index (χ1v) is 8.19. The third kappa shape index (κ3) is 6.93. The van der Waals surface area contributed by atoms with Gasteiger partial charge in [0.1, 0.15) is 0 Å². The third-order valence-corrected chi connectivity index (χ3v) is 4.33. The summed E-state index contributed by atoms with van der Waals surface area (Å²) in [5, 5.41) is 15.2. The van der Waals surface area contributed by atoms with Gasteiger partial charge in [0.15, 0.2) is 0 Å². The van der Waals surface area contributed by atoms with E-state index in [-0.39, 0.29) is 23.9 Å². The molecule has 1 saturated carbocycles. The first kappa shape index (κ1) is 18.0. The fourth-order valence-corrected chi connectivity index (χ4v) is 2.84. The normalized spacial score (nSPS) is 20.0. The van der Waals surface area contributed by atoms with E-state index in [4.69, 9.17) is 5.11 Å². The molecule has 0 aromatic carbocycles. The maximum Gasteiger partial charge on any atom is 0.306 e. The number of aliphatic carboxylic acids is 1. The van der Waals surface area contributed by atoms with Gasteiger partial charge in [-0.15, -0.1) is 0 Å². The lowest BCUT2D eigenvalue weighted by Gasteiger charge is -2.21. The SMILES string of the molecule is CC(CCCC(C)C(=O)O)NC(C)C(=O)NC1CCCC1. The minimum atomic E-state index is -0.736. The molecule has 1 amide bonds. The molecule has 3 N–H and O–H groups in total. The van der Waals surface area contributed by atoms with Gasteiger partial charge in [-0.25, -0.2) is 0 Å². The van der Waals surface area contributed by atoms with Gasteiger partial charge in [-0.1, -0.05) is 26.2 Å². The molecule has 1 aliphatic rings. The number of carboxylic acid groups (broad SMARTS) is 1. The highest BCUT2D eigenvalue weighted by molar-refractivity contribution is 5.81. The van der Waals surface area contributed by atoms with E-state index in [0.717, 1.165) is 25.7 Å². The highest BCUT2D eigenvalue weighted by Gasteiger charge is 2.21. The van der Waals surface area contributed by atoms with Crippen molar-refractivity contribution in [2.75, 3.05) is 0 Å². The number of hydrogen-bond acceptors (Lipinski definition) is 3. The zero-order valence-corrected chi connectivity index (χ0v) is 13.5. The molecule has 0 aliphatic heterocycles. The second-order valence-corrected chi connectivity index (χ2v) is 6.45. The van der Waals surface area contributed by atoms with E-state index in [1.807, 2.05) is 13.8 Å². The Morgan fingerprint density at radius 3 is 2.33 bits per heavy atom. The summed E-state index contributed by atoms with van der Waals surface area (Å²) in [5.74, 6) is -0.951. The number of carbonyl (C=O) groups excluding carboxylic acids is 1. The standard InChI is InChI=1S/C16H30N2O3/c1-11(16(20)21)7-6-8-12(2)17-13(3)15(19)18-14-9-4-5-10-14/h11-14,17H,4-10H2,1-3H3,(H,18,19)(H,20,21). The van der Waals surface area contributed by atoms with Crippen LogP contribution < -0.4 is 10.6 Å². The van der Waals surface area contributed by atoms with Crippen LogP contribution in [0.15, 0.2) is 0 Å². The van der Waals surface area contributed by atoms with E-state index >= 15 is 0 Å². The van der Waals surface area contributed by atoms with Gasteiger partial charge in [0.2, 0.25) is 5.91 Å². The average Bonchev–Trinajstić information content (AvgIpc) is 2.91. The number of amides is 1. The molecule has 0 aromatic heterocycles. The molecular weight excluding hydrogens is 268 g/mol. The minimum Gasteiger partial charge on any atom is -0.481 e. The molecular formula is C16H30N2O3. The Labute approximate surface area is 127 Å². The van der Waals surface area contributed by atoms with Crippen LogP contribution in [-0.4, -0.2) is 35.1 Å². The van der Waals surface area contributed by atoms with Crippen LogP contribution in [-0.2, 0) is 9.59 Å². The second-order valence-electron chi connectivity index (χ2n) is 6.45. The number of rotatable bonds is 9. The van der Waals surface area contributed by atoms with Crippen molar-refractivity contribution in [2.45, 2.75) is 83.8 Å². The smallest absolute Gasteiger partial charge is 0.306 e. The van der Waals surface area contributed by atoms with E-state index in [9.17, 15) is 9.59 Å². The molecule has 0 spiro atoms. The fourth-order valence-electron chi connectivity index (χ4n) is 2.84. The summed E-state index contributed by atoms with van der Waals surface area (Å²) in [5.41, 5.74) is 0. The minimum absolute atomic E-state index is 0.0765. The lowest BCUT2D eigenvalue weighted by atomic mass is 10.0.